The number of aromatic nitrogens is 1. The molecule has 0 aliphatic carbocycles. The minimum absolute atomic E-state index is 0.0342. The molecule has 0 unspecified atom stereocenters. The Balaban J connectivity index is 1.90. The maximum Gasteiger partial charge on any atom is 0.266 e. The van der Waals surface area contributed by atoms with Crippen LogP contribution in [0.2, 0.25) is 0 Å². The van der Waals surface area contributed by atoms with Gasteiger partial charge < -0.3 is 9.47 Å². The Kier molecular flexibility index (Phi) is 3.79. The molecule has 2 aromatic rings. The molecule has 0 bridgehead atoms. The molecule has 0 saturated heterocycles. The van der Waals surface area contributed by atoms with Crippen molar-refractivity contribution in [2.24, 2.45) is 0 Å². The fraction of sp³-hybridized carbons (Fsp3) is 0.200. The van der Waals surface area contributed by atoms with Crippen molar-refractivity contribution in [1.82, 2.24) is 4.98 Å². The van der Waals surface area contributed by atoms with Gasteiger partial charge in [-0.05, 0) is 45.8 Å². The molecule has 21 heavy (non-hydrogen) atoms. The quantitative estimate of drug-likeness (QED) is 0.800. The zero-order valence-corrected chi connectivity index (χ0v) is 13.0. The minimum atomic E-state index is -0.107. The highest BCUT2D eigenvalue weighted by Gasteiger charge is 2.27. The van der Waals surface area contributed by atoms with E-state index in [0.29, 0.717) is 22.7 Å². The third-order valence-corrected chi connectivity index (χ3v) is 3.65. The smallest absolute Gasteiger partial charge is 0.266 e. The monoisotopic (exact) mass is 348 g/mol. The van der Waals surface area contributed by atoms with Gasteiger partial charge in [0, 0.05) is 0 Å². The largest absolute Gasteiger partial charge is 0.497 e. The van der Waals surface area contributed by atoms with Gasteiger partial charge in [-0.3, -0.25) is 9.69 Å². The van der Waals surface area contributed by atoms with Crippen LogP contribution in [0.3, 0.4) is 0 Å². The number of benzene rings is 1. The van der Waals surface area contributed by atoms with Gasteiger partial charge in [0.2, 0.25) is 0 Å². The average molecular weight is 349 g/mol. The second-order valence-electron chi connectivity index (χ2n) is 4.57. The van der Waals surface area contributed by atoms with Gasteiger partial charge in [0.25, 0.3) is 5.91 Å². The Morgan fingerprint density at radius 3 is 2.76 bits per heavy atom. The second kappa shape index (κ2) is 5.73. The number of carbonyl (C=O) groups excluding carboxylic acids is 1. The number of fused-ring (bicyclic) bond motifs is 1. The van der Waals surface area contributed by atoms with Crippen LogP contribution in [0.4, 0.5) is 5.82 Å². The number of rotatable bonds is 3. The predicted molar refractivity (Wildman–Crippen MR) is 81.6 cm³/mol. The predicted octanol–water partition coefficient (Wildman–Crippen LogP) is 2.78. The number of ether oxygens (including phenoxy) is 2. The normalized spacial score (nSPS) is 13.6. The standard InChI is InChI=1S/C15H13BrN2O3/c1-20-11-4-2-10(3-5-11)8-18-14(19)9-21-12-6-7-13(16)17-15(12)18/h2-7H,8-9H2,1H3. The van der Waals surface area contributed by atoms with Crippen LogP contribution in [0, 0.1) is 0 Å². The van der Waals surface area contributed by atoms with E-state index in [-0.39, 0.29) is 12.5 Å². The van der Waals surface area contributed by atoms with E-state index in [2.05, 4.69) is 20.9 Å². The molecule has 1 aliphatic heterocycles. The summed E-state index contributed by atoms with van der Waals surface area (Å²) in [7, 11) is 1.62. The molecule has 6 heteroatoms. The zero-order chi connectivity index (χ0) is 14.8. The Labute approximate surface area is 130 Å². The van der Waals surface area contributed by atoms with E-state index in [0.717, 1.165) is 11.3 Å². The molecule has 0 saturated carbocycles. The highest BCUT2D eigenvalue weighted by molar-refractivity contribution is 9.10. The maximum atomic E-state index is 12.1. The number of carbonyl (C=O) groups is 1. The lowest BCUT2D eigenvalue weighted by atomic mass is 10.2. The lowest BCUT2D eigenvalue weighted by molar-refractivity contribution is -0.121. The number of methoxy groups -OCH3 is 1. The van der Waals surface area contributed by atoms with E-state index < -0.39 is 0 Å². The molecule has 0 atom stereocenters. The molecular weight excluding hydrogens is 336 g/mol. The van der Waals surface area contributed by atoms with Gasteiger partial charge in [-0.1, -0.05) is 12.1 Å². The molecule has 108 valence electrons. The Bertz CT molecular complexity index is 673. The molecule has 0 fully saturated rings. The van der Waals surface area contributed by atoms with Crippen molar-refractivity contribution in [1.29, 1.82) is 0 Å². The molecule has 3 rings (SSSR count). The van der Waals surface area contributed by atoms with Gasteiger partial charge in [0.05, 0.1) is 13.7 Å². The summed E-state index contributed by atoms with van der Waals surface area (Å²) in [4.78, 5) is 18.1. The minimum Gasteiger partial charge on any atom is -0.497 e. The van der Waals surface area contributed by atoms with Crippen LogP contribution >= 0.6 is 15.9 Å². The SMILES string of the molecule is COc1ccc(CN2C(=O)COc3ccc(Br)nc32)cc1. The van der Waals surface area contributed by atoms with E-state index in [1.807, 2.05) is 24.3 Å². The van der Waals surface area contributed by atoms with Crippen LogP contribution in [0.25, 0.3) is 0 Å². The van der Waals surface area contributed by atoms with Crippen LogP contribution in [-0.4, -0.2) is 24.6 Å². The van der Waals surface area contributed by atoms with Gasteiger partial charge >= 0.3 is 0 Å². The summed E-state index contributed by atoms with van der Waals surface area (Å²) in [5.41, 5.74) is 0.999. The number of hydrogen-bond donors (Lipinski definition) is 0. The van der Waals surface area contributed by atoms with Crippen molar-refractivity contribution in [3.8, 4) is 11.5 Å². The van der Waals surface area contributed by atoms with Crippen molar-refractivity contribution in [2.75, 3.05) is 18.6 Å². The molecule has 0 spiro atoms. The fourth-order valence-corrected chi connectivity index (χ4v) is 2.43. The van der Waals surface area contributed by atoms with Crippen LogP contribution in [-0.2, 0) is 11.3 Å². The summed E-state index contributed by atoms with van der Waals surface area (Å²) in [5.74, 6) is 1.83. The first kappa shape index (κ1) is 13.9. The molecule has 0 N–H and O–H groups in total. The molecule has 2 heterocycles. The fourth-order valence-electron chi connectivity index (χ4n) is 2.13. The lowest BCUT2D eigenvalue weighted by Gasteiger charge is -2.28. The number of hydrogen-bond acceptors (Lipinski definition) is 4. The molecule has 1 aromatic carbocycles. The van der Waals surface area contributed by atoms with Crippen LogP contribution in [0.15, 0.2) is 41.0 Å². The third-order valence-electron chi connectivity index (χ3n) is 3.21. The Hall–Kier alpha value is -2.08. The first-order valence-electron chi connectivity index (χ1n) is 6.40. The van der Waals surface area contributed by atoms with Gasteiger partial charge in [0.15, 0.2) is 18.2 Å². The summed E-state index contributed by atoms with van der Waals surface area (Å²) in [6, 6.07) is 11.2. The number of halogens is 1. The van der Waals surface area contributed by atoms with Gasteiger partial charge in [-0.25, -0.2) is 4.98 Å². The molecular formula is C15H13BrN2O3. The number of anilines is 1. The van der Waals surface area contributed by atoms with Crippen LogP contribution in [0.5, 0.6) is 11.5 Å². The molecule has 5 nitrogen and oxygen atoms in total. The third kappa shape index (κ3) is 2.85. The molecule has 1 aliphatic rings. The first-order valence-corrected chi connectivity index (χ1v) is 7.19. The van der Waals surface area contributed by atoms with E-state index >= 15 is 0 Å². The van der Waals surface area contributed by atoms with Gasteiger partial charge in [-0.2, -0.15) is 0 Å². The average Bonchev–Trinajstić information content (AvgIpc) is 2.51. The van der Waals surface area contributed by atoms with Crippen molar-refractivity contribution in [3.05, 3.63) is 46.6 Å². The lowest BCUT2D eigenvalue weighted by Crippen LogP contribution is -2.38. The molecule has 1 amide bonds. The zero-order valence-electron chi connectivity index (χ0n) is 11.4. The first-order chi connectivity index (χ1) is 10.2. The van der Waals surface area contributed by atoms with Gasteiger partial charge in [0.1, 0.15) is 10.4 Å². The summed E-state index contributed by atoms with van der Waals surface area (Å²) in [5, 5.41) is 0. The van der Waals surface area contributed by atoms with E-state index in [1.165, 1.54) is 0 Å². The summed E-state index contributed by atoms with van der Waals surface area (Å²) in [6.07, 6.45) is 0. The second-order valence-corrected chi connectivity index (χ2v) is 5.38. The Morgan fingerprint density at radius 2 is 2.05 bits per heavy atom. The van der Waals surface area contributed by atoms with Crippen molar-refractivity contribution >= 4 is 27.7 Å². The number of nitrogens with zero attached hydrogens (tertiary/aromatic N) is 2. The van der Waals surface area contributed by atoms with Crippen molar-refractivity contribution < 1.29 is 14.3 Å². The van der Waals surface area contributed by atoms with E-state index in [4.69, 9.17) is 9.47 Å². The molecule has 0 radical (unpaired) electrons. The Morgan fingerprint density at radius 1 is 1.29 bits per heavy atom. The summed E-state index contributed by atoms with van der Waals surface area (Å²) < 4.78 is 11.2. The van der Waals surface area contributed by atoms with Crippen molar-refractivity contribution in [2.45, 2.75) is 6.54 Å². The van der Waals surface area contributed by atoms with E-state index in [9.17, 15) is 4.79 Å². The van der Waals surface area contributed by atoms with E-state index in [1.54, 1.807) is 24.1 Å². The highest BCUT2D eigenvalue weighted by Crippen LogP contribution is 2.32. The highest BCUT2D eigenvalue weighted by atomic mass is 79.9. The summed E-state index contributed by atoms with van der Waals surface area (Å²) >= 11 is 3.32. The topological polar surface area (TPSA) is 51.7 Å². The van der Waals surface area contributed by atoms with Crippen LogP contribution in [0.1, 0.15) is 5.56 Å². The van der Waals surface area contributed by atoms with Crippen molar-refractivity contribution in [3.63, 3.8) is 0 Å². The summed E-state index contributed by atoms with van der Waals surface area (Å²) in [6.45, 7) is 0.481. The number of pyridine rings is 1. The molecule has 1 aromatic heterocycles. The van der Waals surface area contributed by atoms with Crippen LogP contribution < -0.4 is 14.4 Å². The number of amides is 1. The van der Waals surface area contributed by atoms with Gasteiger partial charge in [-0.15, -0.1) is 0 Å². The maximum absolute atomic E-state index is 12.1.